The maximum Gasteiger partial charge on any atom is 0.416 e. The predicted octanol–water partition coefficient (Wildman–Crippen LogP) is 3.49. The molecule has 0 N–H and O–H groups in total. The van der Waals surface area contributed by atoms with Gasteiger partial charge in [-0.2, -0.15) is 13.2 Å². The lowest BCUT2D eigenvalue weighted by atomic mass is 10.0. The van der Waals surface area contributed by atoms with Gasteiger partial charge >= 0.3 is 6.18 Å². The van der Waals surface area contributed by atoms with E-state index < -0.39 is 23.0 Å². The highest BCUT2D eigenvalue weighted by Gasteiger charge is 2.30. The number of rotatable bonds is 3. The summed E-state index contributed by atoms with van der Waals surface area (Å²) in [6, 6.07) is 4.40. The molecule has 1 aromatic carbocycles. The summed E-state index contributed by atoms with van der Waals surface area (Å²) in [5.41, 5.74) is -1.53. The van der Waals surface area contributed by atoms with Crippen LogP contribution in [0.4, 0.5) is 13.2 Å². The van der Waals surface area contributed by atoms with Gasteiger partial charge in [0.1, 0.15) is 0 Å². The van der Waals surface area contributed by atoms with Crippen molar-refractivity contribution >= 4 is 17.4 Å². The van der Waals surface area contributed by atoms with Crippen molar-refractivity contribution in [2.24, 2.45) is 7.05 Å². The Bertz CT molecular complexity index is 781. The average Bonchev–Trinajstić information content (AvgIpc) is 2.47. The number of Topliss-reactive ketones (excluding diaryl/α,β-unsaturated/α-hetero) is 1. The van der Waals surface area contributed by atoms with E-state index in [0.717, 1.165) is 12.1 Å². The fraction of sp³-hybridized carbons (Fsp3) is 0.200. The van der Waals surface area contributed by atoms with Crippen LogP contribution in [0.2, 0.25) is 0 Å². The van der Waals surface area contributed by atoms with E-state index in [1.807, 2.05) is 0 Å². The van der Waals surface area contributed by atoms with E-state index in [1.54, 1.807) is 7.05 Å². The second-order valence-electron chi connectivity index (χ2n) is 4.72. The van der Waals surface area contributed by atoms with Crippen molar-refractivity contribution in [3.63, 3.8) is 0 Å². The number of aryl methyl sites for hydroxylation is 1. The van der Waals surface area contributed by atoms with Gasteiger partial charge in [0.2, 0.25) is 0 Å². The largest absolute Gasteiger partial charge is 0.416 e. The first-order valence-corrected chi connectivity index (χ1v) is 6.74. The number of aromatic nitrogens is 1. The van der Waals surface area contributed by atoms with Crippen molar-refractivity contribution in [2.45, 2.75) is 6.18 Å². The Hall–Kier alpha value is -2.08. The fourth-order valence-corrected chi connectivity index (χ4v) is 2.19. The maximum absolute atomic E-state index is 12.8. The predicted molar refractivity (Wildman–Crippen MR) is 77.2 cm³/mol. The number of pyridine rings is 1. The summed E-state index contributed by atoms with van der Waals surface area (Å²) < 4.78 is 39.8. The summed E-state index contributed by atoms with van der Waals surface area (Å²) in [5.74, 6) is -0.947. The number of hydrogen-bond acceptors (Lipinski definition) is 2. The molecule has 0 fully saturated rings. The number of halogens is 4. The van der Waals surface area contributed by atoms with Gasteiger partial charge in [0, 0.05) is 25.0 Å². The number of alkyl halides is 4. The molecule has 0 aliphatic heterocycles. The van der Waals surface area contributed by atoms with Crippen LogP contribution in [-0.4, -0.2) is 16.2 Å². The molecule has 0 amide bonds. The molecule has 0 saturated carbocycles. The van der Waals surface area contributed by atoms with Crippen molar-refractivity contribution in [3.8, 4) is 11.1 Å². The Morgan fingerprint density at radius 3 is 2.55 bits per heavy atom. The molecule has 0 aliphatic carbocycles. The molecule has 1 aromatic heterocycles. The number of nitrogens with zero attached hydrogens (tertiary/aromatic N) is 1. The second kappa shape index (κ2) is 5.96. The highest BCUT2D eigenvalue weighted by Crippen LogP contribution is 2.31. The summed E-state index contributed by atoms with van der Waals surface area (Å²) in [7, 11) is 1.57. The zero-order valence-electron chi connectivity index (χ0n) is 11.4. The standard InChI is InChI=1S/C15H11ClF3NO2/c1-20-7-11(14(22)12(8-20)13(21)6-16)9-3-2-4-10(5-9)15(17,18)19/h2-5,7-8H,6H2,1H3. The van der Waals surface area contributed by atoms with Crippen LogP contribution in [0.15, 0.2) is 41.5 Å². The van der Waals surface area contributed by atoms with E-state index in [-0.39, 0.29) is 22.6 Å². The minimum atomic E-state index is -4.51. The first-order valence-electron chi connectivity index (χ1n) is 6.21. The molecule has 1 heterocycles. The van der Waals surface area contributed by atoms with Gasteiger partial charge in [-0.15, -0.1) is 11.6 Å². The summed E-state index contributed by atoms with van der Waals surface area (Å²) in [4.78, 5) is 24.0. The molecule has 0 atom stereocenters. The lowest BCUT2D eigenvalue weighted by molar-refractivity contribution is -0.137. The van der Waals surface area contributed by atoms with Crippen molar-refractivity contribution in [2.75, 3.05) is 5.88 Å². The quantitative estimate of drug-likeness (QED) is 0.638. The van der Waals surface area contributed by atoms with Crippen LogP contribution < -0.4 is 5.43 Å². The summed E-state index contributed by atoms with van der Waals surface area (Å²) >= 11 is 5.45. The van der Waals surface area contributed by atoms with E-state index in [1.165, 1.54) is 29.1 Å². The van der Waals surface area contributed by atoms with E-state index in [4.69, 9.17) is 11.6 Å². The summed E-state index contributed by atoms with van der Waals surface area (Å²) in [6.45, 7) is 0. The second-order valence-corrected chi connectivity index (χ2v) is 4.98. The number of benzene rings is 1. The topological polar surface area (TPSA) is 39.1 Å². The monoisotopic (exact) mass is 329 g/mol. The number of hydrogen-bond donors (Lipinski definition) is 0. The van der Waals surface area contributed by atoms with Crippen molar-refractivity contribution in [1.29, 1.82) is 0 Å². The van der Waals surface area contributed by atoms with E-state index in [9.17, 15) is 22.8 Å². The van der Waals surface area contributed by atoms with Gasteiger partial charge < -0.3 is 4.57 Å². The molecule has 0 bridgehead atoms. The molecule has 0 aliphatic rings. The average molecular weight is 330 g/mol. The Balaban J connectivity index is 2.66. The Morgan fingerprint density at radius 2 is 1.95 bits per heavy atom. The molecule has 0 radical (unpaired) electrons. The molecular formula is C15H11ClF3NO2. The Kier molecular flexibility index (Phi) is 4.42. The smallest absolute Gasteiger partial charge is 0.356 e. The lowest BCUT2D eigenvalue weighted by Crippen LogP contribution is -2.20. The van der Waals surface area contributed by atoms with E-state index in [0.29, 0.717) is 0 Å². The zero-order valence-corrected chi connectivity index (χ0v) is 12.2. The van der Waals surface area contributed by atoms with Gasteiger partial charge in [-0.05, 0) is 17.7 Å². The summed E-state index contributed by atoms with van der Waals surface area (Å²) in [6.07, 6.45) is -1.82. The normalized spacial score (nSPS) is 11.5. The molecule has 2 aromatic rings. The minimum Gasteiger partial charge on any atom is -0.356 e. The highest BCUT2D eigenvalue weighted by atomic mass is 35.5. The van der Waals surface area contributed by atoms with Crippen LogP contribution in [0.1, 0.15) is 15.9 Å². The molecule has 0 saturated heterocycles. The van der Waals surface area contributed by atoms with Gasteiger partial charge in [0.05, 0.1) is 17.0 Å². The van der Waals surface area contributed by atoms with Crippen LogP contribution in [0.25, 0.3) is 11.1 Å². The molecule has 2 rings (SSSR count). The Morgan fingerprint density at radius 1 is 1.27 bits per heavy atom. The van der Waals surface area contributed by atoms with Crippen LogP contribution in [0.5, 0.6) is 0 Å². The van der Waals surface area contributed by atoms with Crippen LogP contribution in [-0.2, 0) is 13.2 Å². The van der Waals surface area contributed by atoms with Gasteiger partial charge in [0.25, 0.3) is 0 Å². The SMILES string of the molecule is Cn1cc(C(=O)CCl)c(=O)c(-c2cccc(C(F)(F)F)c2)c1. The van der Waals surface area contributed by atoms with Crippen LogP contribution in [0, 0.1) is 0 Å². The van der Waals surface area contributed by atoms with E-state index in [2.05, 4.69) is 0 Å². The molecule has 0 unspecified atom stereocenters. The van der Waals surface area contributed by atoms with Gasteiger partial charge in [0.15, 0.2) is 11.2 Å². The number of carbonyl (C=O) groups excluding carboxylic acids is 1. The molecule has 116 valence electrons. The first-order chi connectivity index (χ1) is 10.2. The zero-order chi connectivity index (χ0) is 16.5. The van der Waals surface area contributed by atoms with E-state index >= 15 is 0 Å². The molecule has 3 nitrogen and oxygen atoms in total. The fourth-order valence-electron chi connectivity index (χ4n) is 2.05. The molecule has 7 heteroatoms. The van der Waals surface area contributed by atoms with Crippen LogP contribution >= 0.6 is 11.6 Å². The van der Waals surface area contributed by atoms with Gasteiger partial charge in [-0.1, -0.05) is 12.1 Å². The van der Waals surface area contributed by atoms with Crippen molar-refractivity contribution in [1.82, 2.24) is 4.57 Å². The number of carbonyl (C=O) groups is 1. The molecular weight excluding hydrogens is 319 g/mol. The summed E-state index contributed by atoms with van der Waals surface area (Å²) in [5, 5.41) is 0. The molecule has 22 heavy (non-hydrogen) atoms. The van der Waals surface area contributed by atoms with Crippen LogP contribution in [0.3, 0.4) is 0 Å². The third-order valence-electron chi connectivity index (χ3n) is 3.08. The highest BCUT2D eigenvalue weighted by molar-refractivity contribution is 6.30. The first kappa shape index (κ1) is 16.3. The maximum atomic E-state index is 12.8. The third kappa shape index (κ3) is 3.22. The Labute approximate surface area is 129 Å². The third-order valence-corrected chi connectivity index (χ3v) is 3.32. The number of ketones is 1. The van der Waals surface area contributed by atoms with Gasteiger partial charge in [-0.3, -0.25) is 9.59 Å². The molecule has 0 spiro atoms. The minimum absolute atomic E-state index is 0.0181. The van der Waals surface area contributed by atoms with Crippen molar-refractivity contribution in [3.05, 3.63) is 58.0 Å². The van der Waals surface area contributed by atoms with Crippen molar-refractivity contribution < 1.29 is 18.0 Å². The van der Waals surface area contributed by atoms with Gasteiger partial charge in [-0.25, -0.2) is 0 Å². The lowest BCUT2D eigenvalue weighted by Gasteiger charge is -2.10.